The lowest BCUT2D eigenvalue weighted by Gasteiger charge is -2.33. The van der Waals surface area contributed by atoms with E-state index >= 15 is 0 Å². The average Bonchev–Trinajstić information content (AvgIpc) is 3.23. The zero-order chi connectivity index (χ0) is 14.9. The molecule has 4 rings (SSSR count). The topological polar surface area (TPSA) is 46.3 Å². The first-order chi connectivity index (χ1) is 10.8. The van der Waals surface area contributed by atoms with Crippen molar-refractivity contribution in [1.29, 1.82) is 0 Å². The van der Waals surface area contributed by atoms with Crippen LogP contribution in [0.25, 0.3) is 10.2 Å². The molecule has 3 aromatic rings. The monoisotopic (exact) mass is 312 g/mol. The molecule has 112 valence electrons. The van der Waals surface area contributed by atoms with Gasteiger partial charge in [-0.05, 0) is 43.5 Å². The van der Waals surface area contributed by atoms with Crippen molar-refractivity contribution in [3.8, 4) is 0 Å². The van der Waals surface area contributed by atoms with E-state index < -0.39 is 0 Å². The molecule has 1 fully saturated rings. The number of benzene rings is 1. The quantitative estimate of drug-likeness (QED) is 0.710. The molecule has 0 bridgehead atoms. The van der Waals surface area contributed by atoms with Crippen LogP contribution < -0.4 is 0 Å². The molecule has 4 nitrogen and oxygen atoms in total. The Morgan fingerprint density at radius 3 is 2.95 bits per heavy atom. The highest BCUT2D eigenvalue weighted by molar-refractivity contribution is 7.18. The van der Waals surface area contributed by atoms with E-state index in [9.17, 15) is 4.79 Å². The largest absolute Gasteiger partial charge is 0.459 e. The molecule has 0 aliphatic carbocycles. The van der Waals surface area contributed by atoms with Gasteiger partial charge in [-0.3, -0.25) is 4.79 Å². The Morgan fingerprint density at radius 2 is 2.14 bits per heavy atom. The number of thiazole rings is 1. The molecule has 1 aliphatic rings. The van der Waals surface area contributed by atoms with Crippen LogP contribution in [0, 0.1) is 0 Å². The van der Waals surface area contributed by atoms with Crippen LogP contribution in [0.5, 0.6) is 0 Å². The number of rotatable bonds is 2. The lowest BCUT2D eigenvalue weighted by Crippen LogP contribution is -2.38. The Labute approximate surface area is 132 Å². The summed E-state index contributed by atoms with van der Waals surface area (Å²) >= 11 is 1.69. The number of piperidine rings is 1. The molecule has 0 saturated carbocycles. The summed E-state index contributed by atoms with van der Waals surface area (Å²) in [6, 6.07) is 11.7. The van der Waals surface area contributed by atoms with Gasteiger partial charge in [-0.25, -0.2) is 4.98 Å². The fraction of sp³-hybridized carbons (Fsp3) is 0.294. The van der Waals surface area contributed by atoms with Crippen LogP contribution in [0.3, 0.4) is 0 Å². The number of aromatic nitrogens is 1. The highest BCUT2D eigenvalue weighted by Crippen LogP contribution is 2.36. The maximum absolute atomic E-state index is 12.7. The van der Waals surface area contributed by atoms with E-state index in [4.69, 9.17) is 9.40 Å². The van der Waals surface area contributed by atoms with Crippen LogP contribution in [0.1, 0.15) is 40.9 Å². The summed E-state index contributed by atoms with van der Waals surface area (Å²) in [5, 5.41) is 1.03. The highest BCUT2D eigenvalue weighted by Gasteiger charge is 2.31. The van der Waals surface area contributed by atoms with Gasteiger partial charge >= 0.3 is 0 Å². The number of carbonyl (C=O) groups excluding carboxylic acids is 1. The van der Waals surface area contributed by atoms with Crippen LogP contribution in [-0.2, 0) is 0 Å². The zero-order valence-electron chi connectivity index (χ0n) is 12.1. The van der Waals surface area contributed by atoms with Crippen molar-refractivity contribution in [3.63, 3.8) is 0 Å². The van der Waals surface area contributed by atoms with E-state index in [0.717, 1.165) is 36.3 Å². The molecule has 1 aromatic carbocycles. The first kappa shape index (κ1) is 13.5. The Hall–Kier alpha value is -2.14. The van der Waals surface area contributed by atoms with Crippen LogP contribution in [0.15, 0.2) is 47.1 Å². The number of furan rings is 1. The highest BCUT2D eigenvalue weighted by atomic mass is 32.1. The van der Waals surface area contributed by atoms with Crippen molar-refractivity contribution in [3.05, 3.63) is 53.4 Å². The molecular weight excluding hydrogens is 296 g/mol. The van der Waals surface area contributed by atoms with Gasteiger partial charge in [-0.1, -0.05) is 12.1 Å². The molecule has 0 radical (unpaired) electrons. The summed E-state index contributed by atoms with van der Waals surface area (Å²) in [6.45, 7) is 0.764. The third kappa shape index (κ3) is 2.31. The Morgan fingerprint density at radius 1 is 1.23 bits per heavy atom. The van der Waals surface area contributed by atoms with Gasteiger partial charge in [0, 0.05) is 6.54 Å². The second-order valence-corrected chi connectivity index (χ2v) is 6.57. The average molecular weight is 312 g/mol. The maximum Gasteiger partial charge on any atom is 0.290 e. The fourth-order valence-electron chi connectivity index (χ4n) is 3.01. The standard InChI is InChI=1S/C17H16N2O2S/c20-17(14-8-5-11-21-14)19-10-4-3-7-13(19)16-18-12-6-1-2-9-15(12)22-16/h1-2,5-6,8-9,11,13H,3-4,7,10H2/t13-/m1/s1. The molecule has 2 aromatic heterocycles. The molecule has 3 heterocycles. The van der Waals surface area contributed by atoms with Gasteiger partial charge < -0.3 is 9.32 Å². The molecular formula is C17H16N2O2S. The lowest BCUT2D eigenvalue weighted by atomic mass is 10.0. The predicted octanol–water partition coefficient (Wildman–Crippen LogP) is 4.26. The molecule has 1 saturated heterocycles. The third-order valence-corrected chi connectivity index (χ3v) is 5.23. The lowest BCUT2D eigenvalue weighted by molar-refractivity contribution is 0.0579. The third-order valence-electron chi connectivity index (χ3n) is 4.09. The minimum atomic E-state index is -0.0334. The molecule has 5 heteroatoms. The Bertz CT molecular complexity index is 761. The summed E-state index contributed by atoms with van der Waals surface area (Å²) in [5.74, 6) is 0.377. The Kier molecular flexibility index (Phi) is 3.42. The smallest absolute Gasteiger partial charge is 0.290 e. The number of fused-ring (bicyclic) bond motifs is 1. The number of carbonyl (C=O) groups is 1. The van der Waals surface area contributed by atoms with Crippen molar-refractivity contribution in [2.45, 2.75) is 25.3 Å². The van der Waals surface area contributed by atoms with Crippen molar-refractivity contribution in [2.75, 3.05) is 6.54 Å². The number of likely N-dealkylation sites (tertiary alicyclic amines) is 1. The SMILES string of the molecule is O=C(c1ccco1)N1CCCC[C@@H]1c1nc2ccccc2s1. The molecule has 0 unspecified atom stereocenters. The van der Waals surface area contributed by atoms with Gasteiger partial charge in [-0.2, -0.15) is 0 Å². The summed E-state index contributed by atoms with van der Waals surface area (Å²) in [7, 11) is 0. The van der Waals surface area contributed by atoms with Gasteiger partial charge in [0.15, 0.2) is 5.76 Å². The summed E-state index contributed by atoms with van der Waals surface area (Å²) in [6.07, 6.45) is 4.67. The number of hydrogen-bond donors (Lipinski definition) is 0. The predicted molar refractivity (Wildman–Crippen MR) is 86.0 cm³/mol. The maximum atomic E-state index is 12.7. The summed E-state index contributed by atoms with van der Waals surface area (Å²) in [5.41, 5.74) is 1.01. The van der Waals surface area contributed by atoms with Gasteiger partial charge in [-0.15, -0.1) is 11.3 Å². The van der Waals surface area contributed by atoms with Gasteiger partial charge in [0.25, 0.3) is 5.91 Å². The second-order valence-electron chi connectivity index (χ2n) is 5.51. The minimum Gasteiger partial charge on any atom is -0.459 e. The van der Waals surface area contributed by atoms with Gasteiger partial charge in [0.05, 0.1) is 22.5 Å². The van der Waals surface area contributed by atoms with Crippen molar-refractivity contribution in [1.82, 2.24) is 9.88 Å². The number of hydrogen-bond acceptors (Lipinski definition) is 4. The van der Waals surface area contributed by atoms with E-state index in [1.54, 1.807) is 29.7 Å². The molecule has 1 aliphatic heterocycles. The fourth-order valence-corrected chi connectivity index (χ4v) is 4.12. The molecule has 22 heavy (non-hydrogen) atoms. The zero-order valence-corrected chi connectivity index (χ0v) is 12.9. The number of amides is 1. The van der Waals surface area contributed by atoms with Crippen LogP contribution >= 0.6 is 11.3 Å². The van der Waals surface area contributed by atoms with Crippen molar-refractivity contribution in [2.24, 2.45) is 0 Å². The molecule has 1 amide bonds. The van der Waals surface area contributed by atoms with Gasteiger partial charge in [0.2, 0.25) is 0 Å². The number of para-hydroxylation sites is 1. The van der Waals surface area contributed by atoms with E-state index in [2.05, 4.69) is 6.07 Å². The minimum absolute atomic E-state index is 0.0334. The molecule has 0 N–H and O–H groups in total. The second kappa shape index (κ2) is 5.57. The summed E-state index contributed by atoms with van der Waals surface area (Å²) in [4.78, 5) is 19.3. The first-order valence-electron chi connectivity index (χ1n) is 7.53. The van der Waals surface area contributed by atoms with Crippen molar-refractivity contribution >= 4 is 27.5 Å². The van der Waals surface area contributed by atoms with E-state index in [1.807, 2.05) is 23.1 Å². The van der Waals surface area contributed by atoms with E-state index in [0.29, 0.717) is 5.76 Å². The molecule has 1 atom stereocenters. The van der Waals surface area contributed by atoms with Crippen LogP contribution in [-0.4, -0.2) is 22.3 Å². The first-order valence-corrected chi connectivity index (χ1v) is 8.34. The van der Waals surface area contributed by atoms with E-state index in [-0.39, 0.29) is 11.9 Å². The number of nitrogens with zero attached hydrogens (tertiary/aromatic N) is 2. The summed E-state index contributed by atoms with van der Waals surface area (Å²) < 4.78 is 6.46. The normalized spacial score (nSPS) is 18.7. The van der Waals surface area contributed by atoms with E-state index in [1.165, 1.54) is 4.70 Å². The van der Waals surface area contributed by atoms with Crippen molar-refractivity contribution < 1.29 is 9.21 Å². The van der Waals surface area contributed by atoms with Gasteiger partial charge in [0.1, 0.15) is 5.01 Å². The van der Waals surface area contributed by atoms with Crippen LogP contribution in [0.2, 0.25) is 0 Å². The Balaban J connectivity index is 1.69. The molecule has 0 spiro atoms. The van der Waals surface area contributed by atoms with Crippen LogP contribution in [0.4, 0.5) is 0 Å².